The predicted octanol–water partition coefficient (Wildman–Crippen LogP) is 3.80. The van der Waals surface area contributed by atoms with Gasteiger partial charge in [0.2, 0.25) is 5.91 Å². The normalized spacial score (nSPS) is 10.7. The molecule has 0 bridgehead atoms. The fourth-order valence-electron chi connectivity index (χ4n) is 2.59. The van der Waals surface area contributed by atoms with Crippen LogP contribution < -0.4 is 10.6 Å². The van der Waals surface area contributed by atoms with Crippen molar-refractivity contribution < 1.29 is 14.0 Å². The molecule has 2 aromatic carbocycles. The highest BCUT2D eigenvalue weighted by Crippen LogP contribution is 2.20. The molecular weight excluding hydrogens is 354 g/mol. The van der Waals surface area contributed by atoms with Gasteiger partial charge in [-0.15, -0.1) is 0 Å². The summed E-state index contributed by atoms with van der Waals surface area (Å²) in [6, 6.07) is 12.5. The number of para-hydroxylation sites is 1. The van der Waals surface area contributed by atoms with Gasteiger partial charge in [0.25, 0.3) is 11.3 Å². The Morgan fingerprint density at radius 3 is 2.81 bits per heavy atom. The van der Waals surface area contributed by atoms with E-state index in [1.807, 2.05) is 31.2 Å². The zero-order chi connectivity index (χ0) is 18.5. The topological polar surface area (TPSA) is 84.2 Å². The molecule has 0 spiro atoms. The predicted molar refractivity (Wildman–Crippen MR) is 100 cm³/mol. The molecule has 0 aliphatic carbocycles. The lowest BCUT2D eigenvalue weighted by atomic mass is 10.1. The molecule has 7 heteroatoms. The molecular formula is C19H18ClN3O3. The fourth-order valence-corrected chi connectivity index (χ4v) is 2.77. The molecule has 0 unspecified atom stereocenters. The Morgan fingerprint density at radius 1 is 1.19 bits per heavy atom. The Balaban J connectivity index is 1.53. The van der Waals surface area contributed by atoms with Crippen molar-refractivity contribution in [2.75, 3.05) is 11.9 Å². The highest BCUT2D eigenvalue weighted by Gasteiger charge is 2.11. The Morgan fingerprint density at radius 2 is 2.00 bits per heavy atom. The van der Waals surface area contributed by atoms with E-state index in [0.29, 0.717) is 16.7 Å². The first-order chi connectivity index (χ1) is 12.6. The van der Waals surface area contributed by atoms with E-state index in [0.717, 1.165) is 17.7 Å². The molecule has 0 saturated carbocycles. The summed E-state index contributed by atoms with van der Waals surface area (Å²) in [5.41, 5.74) is 3.32. The number of rotatable bonds is 6. The number of hydrogen-bond donors (Lipinski definition) is 2. The maximum absolute atomic E-state index is 12.2. The van der Waals surface area contributed by atoms with Crippen molar-refractivity contribution in [3.8, 4) is 0 Å². The van der Waals surface area contributed by atoms with Gasteiger partial charge in [-0.2, -0.15) is 4.98 Å². The van der Waals surface area contributed by atoms with Gasteiger partial charge in [0.1, 0.15) is 5.52 Å². The van der Waals surface area contributed by atoms with Gasteiger partial charge >= 0.3 is 0 Å². The first-order valence-electron chi connectivity index (χ1n) is 8.29. The van der Waals surface area contributed by atoms with Crippen LogP contribution in [0.5, 0.6) is 0 Å². The number of halogens is 1. The summed E-state index contributed by atoms with van der Waals surface area (Å²) in [5.74, 6) is -0.440. The number of amides is 2. The Labute approximate surface area is 155 Å². The van der Waals surface area contributed by atoms with Crippen molar-refractivity contribution in [2.24, 2.45) is 0 Å². The van der Waals surface area contributed by atoms with E-state index in [-0.39, 0.29) is 30.1 Å². The monoisotopic (exact) mass is 371 g/mol. The number of aryl methyl sites for hydroxylation is 1. The Bertz CT molecular complexity index is 952. The second-order valence-electron chi connectivity index (χ2n) is 5.71. The largest absolute Gasteiger partial charge is 0.428 e. The van der Waals surface area contributed by atoms with Crippen molar-refractivity contribution in [1.82, 2.24) is 10.3 Å². The second kappa shape index (κ2) is 8.01. The Hall–Kier alpha value is -2.86. The lowest BCUT2D eigenvalue weighted by Crippen LogP contribution is -2.27. The number of aromatic nitrogens is 1. The second-order valence-corrected chi connectivity index (χ2v) is 6.04. The third-order valence-corrected chi connectivity index (χ3v) is 4.10. The van der Waals surface area contributed by atoms with E-state index in [2.05, 4.69) is 15.6 Å². The third-order valence-electron chi connectivity index (χ3n) is 3.93. The number of carbonyl (C=O) groups excluding carboxylic acids is 2. The van der Waals surface area contributed by atoms with Crippen LogP contribution in [0, 0.1) is 0 Å². The number of anilines is 1. The standard InChI is InChI=1S/C19H18ClN3O3/c1-2-12-5-3-4-6-14(12)22-17(24)9-10-21-18(25)13-7-8-15-16(11-13)26-19(20)23-15/h3-8,11H,2,9-10H2,1H3,(H,21,25)(H,22,24). The molecule has 0 atom stereocenters. The molecule has 3 aromatic rings. The number of hydrogen-bond acceptors (Lipinski definition) is 4. The van der Waals surface area contributed by atoms with Gasteiger partial charge in [-0.05, 0) is 47.9 Å². The van der Waals surface area contributed by atoms with Crippen LogP contribution in [0.1, 0.15) is 29.3 Å². The molecule has 1 heterocycles. The molecule has 3 rings (SSSR count). The third kappa shape index (κ3) is 4.21. The van der Waals surface area contributed by atoms with Crippen molar-refractivity contribution in [3.63, 3.8) is 0 Å². The summed E-state index contributed by atoms with van der Waals surface area (Å²) in [6.45, 7) is 2.26. The van der Waals surface area contributed by atoms with Crippen molar-refractivity contribution in [1.29, 1.82) is 0 Å². The lowest BCUT2D eigenvalue weighted by Gasteiger charge is -2.10. The molecule has 0 aliphatic heterocycles. The van der Waals surface area contributed by atoms with Crippen molar-refractivity contribution >= 4 is 40.2 Å². The summed E-state index contributed by atoms with van der Waals surface area (Å²) in [6.07, 6.45) is 1.02. The number of carbonyl (C=O) groups is 2. The van der Waals surface area contributed by atoms with Crippen LogP contribution in [0.15, 0.2) is 46.9 Å². The van der Waals surface area contributed by atoms with Gasteiger partial charge in [0, 0.05) is 24.2 Å². The first-order valence-corrected chi connectivity index (χ1v) is 8.66. The summed E-state index contributed by atoms with van der Waals surface area (Å²) < 4.78 is 5.20. The Kier molecular flexibility index (Phi) is 5.53. The molecule has 0 fully saturated rings. The molecule has 26 heavy (non-hydrogen) atoms. The summed E-state index contributed by atoms with van der Waals surface area (Å²) in [7, 11) is 0. The van der Waals surface area contributed by atoms with E-state index in [1.54, 1.807) is 18.2 Å². The van der Waals surface area contributed by atoms with E-state index < -0.39 is 0 Å². The number of benzene rings is 2. The van der Waals surface area contributed by atoms with Gasteiger partial charge in [-0.3, -0.25) is 9.59 Å². The molecule has 2 N–H and O–H groups in total. The highest BCUT2D eigenvalue weighted by molar-refractivity contribution is 6.28. The average molecular weight is 372 g/mol. The molecule has 0 saturated heterocycles. The minimum absolute atomic E-state index is 0.0292. The molecule has 0 radical (unpaired) electrons. The maximum atomic E-state index is 12.2. The molecule has 6 nitrogen and oxygen atoms in total. The van der Waals surface area contributed by atoms with Crippen LogP contribution in [0.3, 0.4) is 0 Å². The number of oxazole rings is 1. The van der Waals surface area contributed by atoms with E-state index in [9.17, 15) is 9.59 Å². The number of fused-ring (bicyclic) bond motifs is 1. The molecule has 2 amide bonds. The fraction of sp³-hybridized carbons (Fsp3) is 0.211. The molecule has 134 valence electrons. The first kappa shape index (κ1) is 17.9. The zero-order valence-electron chi connectivity index (χ0n) is 14.2. The molecule has 0 aliphatic rings. The zero-order valence-corrected chi connectivity index (χ0v) is 15.0. The van der Waals surface area contributed by atoms with Crippen LogP contribution in [0.2, 0.25) is 5.35 Å². The van der Waals surface area contributed by atoms with Crippen LogP contribution in [-0.2, 0) is 11.2 Å². The quantitative estimate of drug-likeness (QED) is 0.690. The lowest BCUT2D eigenvalue weighted by molar-refractivity contribution is -0.116. The van der Waals surface area contributed by atoms with E-state index in [4.69, 9.17) is 16.0 Å². The minimum Gasteiger partial charge on any atom is -0.428 e. The van der Waals surface area contributed by atoms with Gasteiger partial charge in [0.15, 0.2) is 5.58 Å². The smallest absolute Gasteiger partial charge is 0.293 e. The SMILES string of the molecule is CCc1ccccc1NC(=O)CCNC(=O)c1ccc2nc(Cl)oc2c1. The van der Waals surface area contributed by atoms with E-state index >= 15 is 0 Å². The van der Waals surface area contributed by atoms with Crippen molar-refractivity contribution in [2.45, 2.75) is 19.8 Å². The van der Waals surface area contributed by atoms with Crippen LogP contribution in [0.4, 0.5) is 5.69 Å². The highest BCUT2D eigenvalue weighted by atomic mass is 35.5. The number of nitrogens with zero attached hydrogens (tertiary/aromatic N) is 1. The van der Waals surface area contributed by atoms with Gasteiger partial charge in [-0.1, -0.05) is 25.1 Å². The van der Waals surface area contributed by atoms with Crippen LogP contribution >= 0.6 is 11.6 Å². The van der Waals surface area contributed by atoms with Crippen LogP contribution in [0.25, 0.3) is 11.1 Å². The van der Waals surface area contributed by atoms with E-state index in [1.165, 1.54) is 0 Å². The van der Waals surface area contributed by atoms with Crippen LogP contribution in [-0.4, -0.2) is 23.3 Å². The average Bonchev–Trinajstić information content (AvgIpc) is 3.01. The van der Waals surface area contributed by atoms with Gasteiger partial charge < -0.3 is 15.1 Å². The van der Waals surface area contributed by atoms with Gasteiger partial charge in [0.05, 0.1) is 0 Å². The maximum Gasteiger partial charge on any atom is 0.293 e. The summed E-state index contributed by atoms with van der Waals surface area (Å²) in [4.78, 5) is 28.2. The minimum atomic E-state index is -0.291. The number of nitrogens with one attached hydrogen (secondary N) is 2. The van der Waals surface area contributed by atoms with Crippen molar-refractivity contribution in [3.05, 3.63) is 58.9 Å². The summed E-state index contributed by atoms with van der Waals surface area (Å²) in [5, 5.41) is 5.62. The van der Waals surface area contributed by atoms with Gasteiger partial charge in [-0.25, -0.2) is 0 Å². The summed E-state index contributed by atoms with van der Waals surface area (Å²) >= 11 is 5.70. The molecule has 1 aromatic heterocycles.